The van der Waals surface area contributed by atoms with Crippen LogP contribution in [-0.2, 0) is 0 Å². The maximum Gasteiger partial charge on any atom is 0.337 e. The molecule has 0 aromatic heterocycles. The molecule has 1 aromatic rings. The van der Waals surface area contributed by atoms with Crippen molar-refractivity contribution in [3.63, 3.8) is 0 Å². The summed E-state index contributed by atoms with van der Waals surface area (Å²) in [6, 6.07) is 2.68. The van der Waals surface area contributed by atoms with Crippen LogP contribution in [-0.4, -0.2) is 46.8 Å². The number of nitrogens with one attached hydrogen (secondary N) is 1. The molecule has 7 heteroatoms. The Balaban J connectivity index is 2.06. The number of rotatable bonds is 4. The van der Waals surface area contributed by atoms with Gasteiger partial charge in [-0.15, -0.1) is 0 Å². The summed E-state index contributed by atoms with van der Waals surface area (Å²) in [7, 11) is 0. The van der Waals surface area contributed by atoms with Crippen LogP contribution in [0, 0.1) is 11.7 Å². The van der Waals surface area contributed by atoms with E-state index < -0.39 is 17.8 Å². The van der Waals surface area contributed by atoms with Gasteiger partial charge in [-0.2, -0.15) is 0 Å². The highest BCUT2D eigenvalue weighted by Gasteiger charge is 2.26. The van der Waals surface area contributed by atoms with Gasteiger partial charge in [-0.05, 0) is 37.0 Å². The number of carbonyl (C=O) groups excluding carboxylic acids is 1. The van der Waals surface area contributed by atoms with E-state index in [1.165, 1.54) is 4.90 Å². The molecule has 1 saturated heterocycles. The second-order valence-electron chi connectivity index (χ2n) is 5.04. The first-order valence-corrected chi connectivity index (χ1v) is 6.71. The molecule has 21 heavy (non-hydrogen) atoms. The van der Waals surface area contributed by atoms with Crippen molar-refractivity contribution in [1.29, 1.82) is 0 Å². The minimum absolute atomic E-state index is 0.0573. The van der Waals surface area contributed by atoms with Gasteiger partial charge in [-0.3, -0.25) is 0 Å². The van der Waals surface area contributed by atoms with E-state index in [0.29, 0.717) is 19.5 Å². The first-order valence-electron chi connectivity index (χ1n) is 6.71. The number of aliphatic hydroxyl groups is 1. The molecule has 1 unspecified atom stereocenters. The molecule has 1 atom stereocenters. The molecule has 1 aromatic carbocycles. The van der Waals surface area contributed by atoms with Crippen molar-refractivity contribution in [2.75, 3.05) is 25.0 Å². The summed E-state index contributed by atoms with van der Waals surface area (Å²) in [5, 5.41) is 20.4. The molecular weight excluding hydrogens is 279 g/mol. The van der Waals surface area contributed by atoms with E-state index in [1.807, 2.05) is 0 Å². The average Bonchev–Trinajstić information content (AvgIpc) is 2.87. The van der Waals surface area contributed by atoms with Crippen molar-refractivity contribution in [1.82, 2.24) is 4.90 Å². The Bertz CT molecular complexity index is 550. The number of likely N-dealkylation sites (tertiary alicyclic amines) is 1. The summed E-state index contributed by atoms with van der Waals surface area (Å²) in [5.41, 5.74) is -0.214. The number of benzene rings is 1. The standard InChI is InChI=1S/C14H17FN2O4/c15-10-1-2-11(13(19)20)12(7-10)16-14(21)17-5-3-9(8-17)4-6-18/h1-2,7,9,18H,3-6,8H2,(H,16,21)(H,19,20). The number of aliphatic hydroxyl groups excluding tert-OH is 1. The van der Waals surface area contributed by atoms with E-state index in [0.717, 1.165) is 24.6 Å². The summed E-state index contributed by atoms with van der Waals surface area (Å²) in [5.74, 6) is -1.60. The van der Waals surface area contributed by atoms with Gasteiger partial charge >= 0.3 is 12.0 Å². The van der Waals surface area contributed by atoms with Crippen LogP contribution in [0.4, 0.5) is 14.9 Å². The second kappa shape index (κ2) is 6.53. The lowest BCUT2D eigenvalue weighted by atomic mass is 10.1. The van der Waals surface area contributed by atoms with E-state index in [-0.39, 0.29) is 23.8 Å². The number of carboxylic acids is 1. The van der Waals surface area contributed by atoms with Gasteiger partial charge in [0, 0.05) is 19.7 Å². The first-order chi connectivity index (χ1) is 10.0. The van der Waals surface area contributed by atoms with E-state index in [9.17, 15) is 14.0 Å². The van der Waals surface area contributed by atoms with E-state index in [1.54, 1.807) is 0 Å². The fraction of sp³-hybridized carbons (Fsp3) is 0.429. The Kier molecular flexibility index (Phi) is 4.74. The van der Waals surface area contributed by atoms with Crippen LogP contribution in [0.2, 0.25) is 0 Å². The zero-order valence-electron chi connectivity index (χ0n) is 11.4. The largest absolute Gasteiger partial charge is 0.478 e. The van der Waals surface area contributed by atoms with Crippen LogP contribution in [0.5, 0.6) is 0 Å². The zero-order chi connectivity index (χ0) is 15.4. The number of nitrogens with zero attached hydrogens (tertiary/aromatic N) is 1. The van der Waals surface area contributed by atoms with Crippen LogP contribution >= 0.6 is 0 Å². The molecule has 0 aliphatic carbocycles. The molecule has 2 rings (SSSR count). The lowest BCUT2D eigenvalue weighted by Crippen LogP contribution is -2.33. The van der Waals surface area contributed by atoms with Gasteiger partial charge in [-0.25, -0.2) is 14.0 Å². The van der Waals surface area contributed by atoms with Crippen LogP contribution < -0.4 is 5.32 Å². The van der Waals surface area contributed by atoms with Crippen molar-refractivity contribution in [3.8, 4) is 0 Å². The number of aromatic carboxylic acids is 1. The highest BCUT2D eigenvalue weighted by atomic mass is 19.1. The molecule has 0 radical (unpaired) electrons. The second-order valence-corrected chi connectivity index (χ2v) is 5.04. The topological polar surface area (TPSA) is 89.9 Å². The molecule has 3 N–H and O–H groups in total. The Hall–Kier alpha value is -2.15. The predicted octanol–water partition coefficient (Wildman–Crippen LogP) is 1.76. The lowest BCUT2D eigenvalue weighted by molar-refractivity contribution is 0.0698. The fourth-order valence-electron chi connectivity index (χ4n) is 2.44. The van der Waals surface area contributed by atoms with E-state index in [2.05, 4.69) is 5.32 Å². The van der Waals surface area contributed by atoms with Gasteiger partial charge in [0.05, 0.1) is 11.3 Å². The third-order valence-corrected chi connectivity index (χ3v) is 3.56. The number of hydrogen-bond donors (Lipinski definition) is 3. The quantitative estimate of drug-likeness (QED) is 0.789. The molecule has 0 spiro atoms. The number of carbonyl (C=O) groups is 2. The molecule has 0 saturated carbocycles. The maximum atomic E-state index is 13.2. The Morgan fingerprint density at radius 1 is 1.43 bits per heavy atom. The summed E-state index contributed by atoms with van der Waals surface area (Å²) < 4.78 is 13.2. The highest BCUT2D eigenvalue weighted by Crippen LogP contribution is 2.22. The molecular formula is C14H17FN2O4. The van der Waals surface area contributed by atoms with Crippen LogP contribution in [0.15, 0.2) is 18.2 Å². The Morgan fingerprint density at radius 2 is 2.19 bits per heavy atom. The van der Waals surface area contributed by atoms with Crippen molar-refractivity contribution < 1.29 is 24.2 Å². The van der Waals surface area contributed by atoms with Gasteiger partial charge < -0.3 is 20.4 Å². The third kappa shape index (κ3) is 3.69. The highest BCUT2D eigenvalue weighted by molar-refractivity contribution is 6.00. The molecule has 0 bridgehead atoms. The number of carboxylic acid groups (broad SMARTS) is 1. The van der Waals surface area contributed by atoms with Crippen LogP contribution in [0.25, 0.3) is 0 Å². The molecule has 1 fully saturated rings. The lowest BCUT2D eigenvalue weighted by Gasteiger charge is -2.18. The fourth-order valence-corrected chi connectivity index (χ4v) is 2.44. The molecule has 114 valence electrons. The summed E-state index contributed by atoms with van der Waals surface area (Å²) in [6.07, 6.45) is 1.42. The van der Waals surface area contributed by atoms with E-state index in [4.69, 9.17) is 10.2 Å². The zero-order valence-corrected chi connectivity index (χ0v) is 11.4. The normalized spacial score (nSPS) is 17.8. The van der Waals surface area contributed by atoms with Crippen molar-refractivity contribution in [2.45, 2.75) is 12.8 Å². The average molecular weight is 296 g/mol. The van der Waals surface area contributed by atoms with Gasteiger partial charge in [0.15, 0.2) is 0 Å². The molecule has 1 heterocycles. The van der Waals surface area contributed by atoms with Gasteiger partial charge in [-0.1, -0.05) is 0 Å². The summed E-state index contributed by atoms with van der Waals surface area (Å²) in [4.78, 5) is 24.7. The number of halogens is 1. The number of hydrogen-bond acceptors (Lipinski definition) is 3. The molecule has 1 aliphatic rings. The minimum atomic E-state index is -1.23. The monoisotopic (exact) mass is 296 g/mol. The number of amides is 2. The maximum absolute atomic E-state index is 13.2. The van der Waals surface area contributed by atoms with Gasteiger partial charge in [0.1, 0.15) is 5.82 Å². The SMILES string of the molecule is O=C(O)c1ccc(F)cc1NC(=O)N1CCC(CCO)C1. The van der Waals surface area contributed by atoms with Gasteiger partial charge in [0.25, 0.3) is 0 Å². The Morgan fingerprint density at radius 3 is 2.86 bits per heavy atom. The van der Waals surface area contributed by atoms with E-state index >= 15 is 0 Å². The van der Waals surface area contributed by atoms with Crippen molar-refractivity contribution >= 4 is 17.7 Å². The Labute approximate surface area is 121 Å². The molecule has 2 amide bonds. The number of anilines is 1. The van der Waals surface area contributed by atoms with Crippen LogP contribution in [0.1, 0.15) is 23.2 Å². The van der Waals surface area contributed by atoms with Crippen LogP contribution in [0.3, 0.4) is 0 Å². The third-order valence-electron chi connectivity index (χ3n) is 3.56. The molecule has 1 aliphatic heterocycles. The number of urea groups is 1. The van der Waals surface area contributed by atoms with Crippen molar-refractivity contribution in [2.24, 2.45) is 5.92 Å². The smallest absolute Gasteiger partial charge is 0.337 e. The van der Waals surface area contributed by atoms with Crippen molar-refractivity contribution in [3.05, 3.63) is 29.6 Å². The predicted molar refractivity (Wildman–Crippen MR) is 73.8 cm³/mol. The summed E-state index contributed by atoms with van der Waals surface area (Å²) >= 11 is 0. The first kappa shape index (κ1) is 15.2. The molecule has 6 nitrogen and oxygen atoms in total. The van der Waals surface area contributed by atoms with Gasteiger partial charge in [0.2, 0.25) is 0 Å². The minimum Gasteiger partial charge on any atom is -0.478 e. The summed E-state index contributed by atoms with van der Waals surface area (Å²) in [6.45, 7) is 1.12.